The average Bonchev–Trinajstić information content (AvgIpc) is 2.71. The topological polar surface area (TPSA) is 127 Å². The summed E-state index contributed by atoms with van der Waals surface area (Å²) in [6.07, 6.45) is -0.228. The van der Waals surface area contributed by atoms with Gasteiger partial charge in [-0.1, -0.05) is 59.7 Å². The van der Waals surface area contributed by atoms with Gasteiger partial charge in [0.25, 0.3) is 5.69 Å². The molecule has 0 saturated carbocycles. The highest BCUT2D eigenvalue weighted by molar-refractivity contribution is 7.89. The first-order valence-electron chi connectivity index (χ1n) is 10.9. The molecule has 0 saturated heterocycles. The van der Waals surface area contributed by atoms with E-state index in [1.165, 1.54) is 24.3 Å². The fraction of sp³-hybridized carbons (Fsp3) is 0.458. The number of nitrogens with one attached hydrogen (secondary N) is 1. The molecule has 0 amide bonds. The Balaban J connectivity index is 2.53. The van der Waals surface area contributed by atoms with Crippen LogP contribution in [0.2, 0.25) is 0 Å². The van der Waals surface area contributed by atoms with Crippen LogP contribution >= 0.6 is 0 Å². The standard InChI is InChI=1S/C24H32N2O6S/c1-14(2)19-10-11-21(23(16(5)6)22(19)15(3)4)33(31,32)25-20(24(27)28)13-17-8-7-9-18(12-17)26(29)30/h7-12,14-16,20,25H,13H2,1-6H3,(H,27,28)/t20-/m0/s1. The van der Waals surface area contributed by atoms with Gasteiger partial charge in [0.1, 0.15) is 6.04 Å². The van der Waals surface area contributed by atoms with Gasteiger partial charge < -0.3 is 5.11 Å². The molecule has 9 heteroatoms. The van der Waals surface area contributed by atoms with Gasteiger partial charge in [-0.2, -0.15) is 4.72 Å². The lowest BCUT2D eigenvalue weighted by atomic mass is 9.83. The number of nitro groups is 1. The van der Waals surface area contributed by atoms with E-state index >= 15 is 0 Å². The molecular formula is C24H32N2O6S. The Morgan fingerprint density at radius 1 is 1.00 bits per heavy atom. The van der Waals surface area contributed by atoms with E-state index in [2.05, 4.69) is 18.6 Å². The van der Waals surface area contributed by atoms with Crippen molar-refractivity contribution in [3.8, 4) is 0 Å². The third kappa shape index (κ3) is 6.17. The molecule has 0 unspecified atom stereocenters. The zero-order valence-electron chi connectivity index (χ0n) is 19.8. The van der Waals surface area contributed by atoms with Gasteiger partial charge in [-0.3, -0.25) is 14.9 Å². The second-order valence-corrected chi connectivity index (χ2v) is 10.8. The van der Waals surface area contributed by atoms with Crippen LogP contribution in [0.5, 0.6) is 0 Å². The molecule has 2 aromatic rings. The van der Waals surface area contributed by atoms with E-state index in [4.69, 9.17) is 0 Å². The summed E-state index contributed by atoms with van der Waals surface area (Å²) >= 11 is 0. The second kappa shape index (κ2) is 10.4. The Morgan fingerprint density at radius 2 is 1.61 bits per heavy atom. The zero-order valence-corrected chi connectivity index (χ0v) is 20.6. The minimum absolute atomic E-state index is 0.0656. The molecule has 0 aromatic heterocycles. The summed E-state index contributed by atoms with van der Waals surface area (Å²) in [5.41, 5.74) is 2.88. The molecule has 0 aliphatic heterocycles. The van der Waals surface area contributed by atoms with Gasteiger partial charge >= 0.3 is 5.97 Å². The van der Waals surface area contributed by atoms with Crippen molar-refractivity contribution in [3.05, 3.63) is 68.8 Å². The van der Waals surface area contributed by atoms with Gasteiger partial charge in [-0.25, -0.2) is 8.42 Å². The lowest BCUT2D eigenvalue weighted by Gasteiger charge is -2.26. The largest absolute Gasteiger partial charge is 0.480 e. The molecular weight excluding hydrogens is 444 g/mol. The fourth-order valence-corrected chi connectivity index (χ4v) is 5.64. The predicted molar refractivity (Wildman–Crippen MR) is 127 cm³/mol. The first kappa shape index (κ1) is 26.5. The number of carboxylic acids is 1. The van der Waals surface area contributed by atoms with E-state index in [1.807, 2.05) is 27.7 Å². The van der Waals surface area contributed by atoms with Gasteiger partial charge in [-0.15, -0.1) is 0 Å². The first-order valence-corrected chi connectivity index (χ1v) is 12.4. The monoisotopic (exact) mass is 476 g/mol. The molecule has 33 heavy (non-hydrogen) atoms. The normalized spacial score (nSPS) is 13.0. The molecule has 0 heterocycles. The number of hydrogen-bond donors (Lipinski definition) is 2. The van der Waals surface area contributed by atoms with Crippen LogP contribution in [0.3, 0.4) is 0 Å². The van der Waals surface area contributed by atoms with Crippen LogP contribution in [-0.4, -0.2) is 30.5 Å². The van der Waals surface area contributed by atoms with E-state index in [9.17, 15) is 28.4 Å². The summed E-state index contributed by atoms with van der Waals surface area (Å²) in [4.78, 5) is 22.4. The molecule has 8 nitrogen and oxygen atoms in total. The Kier molecular flexibility index (Phi) is 8.37. The average molecular weight is 477 g/mol. The van der Waals surface area contributed by atoms with Crippen molar-refractivity contribution in [1.29, 1.82) is 0 Å². The SMILES string of the molecule is CC(C)c1ccc(S(=O)(=O)N[C@@H](Cc2cccc([N+](=O)[O-])c2)C(=O)O)c(C(C)C)c1C(C)C. The van der Waals surface area contributed by atoms with Gasteiger partial charge in [0.05, 0.1) is 9.82 Å². The van der Waals surface area contributed by atoms with Crippen molar-refractivity contribution in [2.75, 3.05) is 0 Å². The van der Waals surface area contributed by atoms with E-state index in [-0.39, 0.29) is 34.8 Å². The van der Waals surface area contributed by atoms with E-state index < -0.39 is 27.0 Å². The van der Waals surface area contributed by atoms with Crippen LogP contribution in [0.25, 0.3) is 0 Å². The van der Waals surface area contributed by atoms with Crippen LogP contribution in [-0.2, 0) is 21.2 Å². The number of sulfonamides is 1. The second-order valence-electron chi connectivity index (χ2n) is 9.09. The highest BCUT2D eigenvalue weighted by Crippen LogP contribution is 2.37. The molecule has 0 spiro atoms. The molecule has 1 atom stereocenters. The maximum absolute atomic E-state index is 13.4. The summed E-state index contributed by atoms with van der Waals surface area (Å²) in [7, 11) is -4.19. The number of rotatable bonds is 10. The fourth-order valence-electron chi connectivity index (χ4n) is 4.07. The van der Waals surface area contributed by atoms with Crippen molar-refractivity contribution in [2.24, 2.45) is 0 Å². The van der Waals surface area contributed by atoms with Crippen LogP contribution < -0.4 is 4.72 Å². The quantitative estimate of drug-likeness (QED) is 0.369. The summed E-state index contributed by atoms with van der Waals surface area (Å²) in [5, 5.41) is 20.7. The number of benzene rings is 2. The minimum atomic E-state index is -4.19. The first-order chi connectivity index (χ1) is 15.3. The van der Waals surface area contributed by atoms with Gasteiger partial charge in [0.2, 0.25) is 10.0 Å². The van der Waals surface area contributed by atoms with E-state index in [0.717, 1.165) is 11.1 Å². The minimum Gasteiger partial charge on any atom is -0.480 e. The molecule has 2 aromatic carbocycles. The Bertz CT molecular complexity index is 1140. The van der Waals surface area contributed by atoms with E-state index in [1.54, 1.807) is 12.1 Å². The van der Waals surface area contributed by atoms with Crippen molar-refractivity contribution in [2.45, 2.75) is 76.7 Å². The Hall–Kier alpha value is -2.78. The van der Waals surface area contributed by atoms with Crippen LogP contribution in [0.4, 0.5) is 5.69 Å². The Morgan fingerprint density at radius 3 is 2.09 bits per heavy atom. The maximum atomic E-state index is 13.4. The smallest absolute Gasteiger partial charge is 0.322 e. The highest BCUT2D eigenvalue weighted by Gasteiger charge is 2.31. The number of non-ortho nitro benzene ring substituents is 1. The third-order valence-corrected chi connectivity index (χ3v) is 7.03. The van der Waals surface area contributed by atoms with Crippen LogP contribution in [0.1, 0.15) is 81.5 Å². The van der Waals surface area contributed by atoms with E-state index in [0.29, 0.717) is 11.1 Å². The summed E-state index contributed by atoms with van der Waals surface area (Å²) in [6, 6.07) is 7.38. The number of aliphatic carboxylic acids is 1. The van der Waals surface area contributed by atoms with Crippen LogP contribution in [0, 0.1) is 10.1 Å². The summed E-state index contributed by atoms with van der Waals surface area (Å²) in [5.74, 6) is -1.19. The highest BCUT2D eigenvalue weighted by atomic mass is 32.2. The molecule has 0 radical (unpaired) electrons. The third-order valence-electron chi connectivity index (χ3n) is 5.50. The number of carbonyl (C=O) groups is 1. The van der Waals surface area contributed by atoms with Crippen molar-refractivity contribution in [3.63, 3.8) is 0 Å². The summed E-state index contributed by atoms with van der Waals surface area (Å²) in [6.45, 7) is 12.0. The lowest BCUT2D eigenvalue weighted by molar-refractivity contribution is -0.384. The predicted octanol–water partition coefficient (Wildman–Crippen LogP) is 4.94. The summed E-state index contributed by atoms with van der Waals surface area (Å²) < 4.78 is 29.1. The molecule has 0 fully saturated rings. The van der Waals surface area contributed by atoms with Crippen molar-refractivity contribution in [1.82, 2.24) is 4.72 Å². The van der Waals surface area contributed by atoms with Gasteiger partial charge in [0.15, 0.2) is 0 Å². The van der Waals surface area contributed by atoms with Gasteiger partial charge in [0, 0.05) is 12.1 Å². The number of nitro benzene ring substituents is 1. The number of nitrogens with zero attached hydrogens (tertiary/aromatic N) is 1. The van der Waals surface area contributed by atoms with Crippen molar-refractivity contribution < 1.29 is 23.2 Å². The van der Waals surface area contributed by atoms with Crippen LogP contribution in [0.15, 0.2) is 41.3 Å². The van der Waals surface area contributed by atoms with Crippen molar-refractivity contribution >= 4 is 21.7 Å². The zero-order chi connectivity index (χ0) is 25.1. The molecule has 2 N–H and O–H groups in total. The molecule has 0 bridgehead atoms. The number of carboxylic acid groups (broad SMARTS) is 1. The van der Waals surface area contributed by atoms with Gasteiger partial charge in [-0.05, 0) is 52.5 Å². The lowest BCUT2D eigenvalue weighted by Crippen LogP contribution is -2.42. The molecule has 0 aliphatic carbocycles. The Labute approximate surface area is 195 Å². The molecule has 180 valence electrons. The maximum Gasteiger partial charge on any atom is 0.322 e. The molecule has 0 aliphatic rings. The number of hydrogen-bond acceptors (Lipinski definition) is 5. The molecule has 2 rings (SSSR count).